The number of fused-ring (bicyclic) bond motifs is 1. The van der Waals surface area contributed by atoms with Crippen LogP contribution in [0, 0.1) is 11.3 Å². The van der Waals surface area contributed by atoms with Crippen molar-refractivity contribution in [1.82, 2.24) is 9.97 Å². The monoisotopic (exact) mass is 381 g/mol. The number of unbranched alkanes of at least 4 members (excludes halogenated alkanes) is 1. The third-order valence-electron chi connectivity index (χ3n) is 4.05. The molecule has 0 aliphatic rings. The van der Waals surface area contributed by atoms with E-state index in [1.165, 1.54) is 12.1 Å². The number of hydrogen-bond donors (Lipinski definition) is 0. The van der Waals surface area contributed by atoms with Crippen molar-refractivity contribution in [2.24, 2.45) is 0 Å². The van der Waals surface area contributed by atoms with Crippen molar-refractivity contribution in [1.29, 1.82) is 5.26 Å². The Bertz CT molecular complexity index is 1080. The fourth-order valence-electron chi connectivity index (χ4n) is 2.61. The molecular weight excluding hydrogens is 362 g/mol. The zero-order valence-corrected chi connectivity index (χ0v) is 15.7. The lowest BCUT2D eigenvalue weighted by Crippen LogP contribution is -2.16. The van der Waals surface area contributed by atoms with E-state index in [0.717, 1.165) is 12.8 Å². The van der Waals surface area contributed by atoms with E-state index in [-0.39, 0.29) is 16.5 Å². The van der Waals surface area contributed by atoms with Gasteiger partial charge in [-0.15, -0.1) is 0 Å². The second kappa shape index (κ2) is 8.14. The molecule has 1 aromatic heterocycles. The minimum Gasteiger partial charge on any atom is -0.476 e. The number of benzene rings is 2. The number of rotatable bonds is 7. The van der Waals surface area contributed by atoms with Gasteiger partial charge in [-0.3, -0.25) is 0 Å². The predicted molar refractivity (Wildman–Crippen MR) is 102 cm³/mol. The third-order valence-corrected chi connectivity index (χ3v) is 5.93. The molecule has 0 bridgehead atoms. The van der Waals surface area contributed by atoms with Crippen molar-refractivity contribution in [3.63, 3.8) is 0 Å². The molecule has 138 valence electrons. The number of para-hydroxylation sites is 2. The van der Waals surface area contributed by atoms with Gasteiger partial charge in [0.15, 0.2) is 5.25 Å². The summed E-state index contributed by atoms with van der Waals surface area (Å²) in [6.07, 6.45) is 1.71. The van der Waals surface area contributed by atoms with E-state index in [2.05, 4.69) is 9.97 Å². The molecule has 3 rings (SSSR count). The zero-order chi connectivity index (χ0) is 19.3. The predicted octanol–water partition coefficient (Wildman–Crippen LogP) is 3.85. The van der Waals surface area contributed by atoms with Crippen LogP contribution in [0.3, 0.4) is 0 Å². The molecule has 2 aromatic carbocycles. The first kappa shape index (κ1) is 18.8. The standard InChI is InChI=1S/C20H19N3O3S/c1-2-3-13-26-20-19(22-16-11-7-8-12-17(16)23-20)18(14-21)27(24,25)15-9-5-4-6-10-15/h4-12,18H,2-3,13H2,1H3/t18-/m0/s1. The van der Waals surface area contributed by atoms with Crippen LogP contribution in [0.2, 0.25) is 0 Å². The first-order valence-electron chi connectivity index (χ1n) is 8.66. The summed E-state index contributed by atoms with van der Waals surface area (Å²) in [4.78, 5) is 8.91. The van der Waals surface area contributed by atoms with Gasteiger partial charge in [0.25, 0.3) is 0 Å². The van der Waals surface area contributed by atoms with Crippen LogP contribution in [-0.4, -0.2) is 25.0 Å². The summed E-state index contributed by atoms with van der Waals surface area (Å²) in [7, 11) is -3.97. The van der Waals surface area contributed by atoms with Gasteiger partial charge in [-0.25, -0.2) is 18.4 Å². The van der Waals surface area contributed by atoms with Gasteiger partial charge in [-0.1, -0.05) is 43.7 Å². The fourth-order valence-corrected chi connectivity index (χ4v) is 4.01. The molecule has 0 radical (unpaired) electrons. The van der Waals surface area contributed by atoms with Crippen LogP contribution in [0.25, 0.3) is 11.0 Å². The lowest BCUT2D eigenvalue weighted by atomic mass is 10.2. The van der Waals surface area contributed by atoms with Crippen molar-refractivity contribution in [3.8, 4) is 11.9 Å². The molecule has 7 heteroatoms. The molecular formula is C20H19N3O3S. The van der Waals surface area contributed by atoms with Gasteiger partial charge >= 0.3 is 0 Å². The number of nitrogens with zero attached hydrogens (tertiary/aromatic N) is 3. The van der Waals surface area contributed by atoms with E-state index in [0.29, 0.717) is 17.6 Å². The van der Waals surface area contributed by atoms with Gasteiger partial charge in [0.2, 0.25) is 15.7 Å². The van der Waals surface area contributed by atoms with Crippen LogP contribution in [0.5, 0.6) is 5.88 Å². The minimum atomic E-state index is -3.97. The summed E-state index contributed by atoms with van der Waals surface area (Å²) in [5.74, 6) is 0.0909. The molecule has 6 nitrogen and oxygen atoms in total. The highest BCUT2D eigenvalue weighted by atomic mass is 32.2. The smallest absolute Gasteiger partial charge is 0.238 e. The van der Waals surface area contributed by atoms with Gasteiger partial charge < -0.3 is 4.74 Å². The summed E-state index contributed by atoms with van der Waals surface area (Å²) >= 11 is 0. The Morgan fingerprint density at radius 1 is 1.04 bits per heavy atom. The number of sulfone groups is 1. The largest absolute Gasteiger partial charge is 0.476 e. The van der Waals surface area contributed by atoms with Gasteiger partial charge in [0.05, 0.1) is 28.6 Å². The highest BCUT2D eigenvalue weighted by molar-refractivity contribution is 7.92. The third kappa shape index (κ3) is 3.91. The van der Waals surface area contributed by atoms with Crippen LogP contribution in [0.1, 0.15) is 30.7 Å². The maximum atomic E-state index is 13.0. The Morgan fingerprint density at radius 3 is 2.30 bits per heavy atom. The topological polar surface area (TPSA) is 92.9 Å². The molecule has 0 N–H and O–H groups in total. The summed E-state index contributed by atoms with van der Waals surface area (Å²) in [6, 6.07) is 16.9. The lowest BCUT2D eigenvalue weighted by molar-refractivity contribution is 0.294. The molecule has 0 aliphatic heterocycles. The normalized spacial score (nSPS) is 12.4. The molecule has 0 spiro atoms. The average Bonchev–Trinajstić information content (AvgIpc) is 2.69. The van der Waals surface area contributed by atoms with Crippen molar-refractivity contribution in [3.05, 3.63) is 60.3 Å². The molecule has 0 fully saturated rings. The Morgan fingerprint density at radius 2 is 1.67 bits per heavy atom. The number of hydrogen-bond acceptors (Lipinski definition) is 6. The van der Waals surface area contributed by atoms with Gasteiger partial charge in [0.1, 0.15) is 5.69 Å². The molecule has 0 aliphatic carbocycles. The first-order valence-corrected chi connectivity index (χ1v) is 10.2. The second-order valence-electron chi connectivity index (χ2n) is 5.97. The molecule has 0 amide bonds. The number of ether oxygens (including phenoxy) is 1. The van der Waals surface area contributed by atoms with Crippen molar-refractivity contribution in [2.45, 2.75) is 29.9 Å². The van der Waals surface area contributed by atoms with E-state index < -0.39 is 15.1 Å². The molecule has 27 heavy (non-hydrogen) atoms. The second-order valence-corrected chi connectivity index (χ2v) is 8.00. The minimum absolute atomic E-state index is 0.0242. The SMILES string of the molecule is CCCCOc1nc2ccccc2nc1[C@H](C#N)S(=O)(=O)c1ccccc1. The first-order chi connectivity index (χ1) is 13.1. The van der Waals surface area contributed by atoms with E-state index >= 15 is 0 Å². The number of nitriles is 1. The van der Waals surface area contributed by atoms with Gasteiger partial charge in [0, 0.05) is 0 Å². The summed E-state index contributed by atoms with van der Waals surface area (Å²) in [5, 5.41) is 8.19. The molecule has 0 saturated heterocycles. The van der Waals surface area contributed by atoms with Crippen molar-refractivity contribution in [2.75, 3.05) is 6.61 Å². The maximum Gasteiger partial charge on any atom is 0.238 e. The highest BCUT2D eigenvalue weighted by Crippen LogP contribution is 2.33. The Balaban J connectivity index is 2.14. The average molecular weight is 381 g/mol. The Kier molecular flexibility index (Phi) is 5.67. The summed E-state index contributed by atoms with van der Waals surface area (Å²) in [6.45, 7) is 2.40. The highest BCUT2D eigenvalue weighted by Gasteiger charge is 2.34. The lowest BCUT2D eigenvalue weighted by Gasteiger charge is -2.15. The van der Waals surface area contributed by atoms with Gasteiger partial charge in [-0.05, 0) is 30.7 Å². The molecule has 0 unspecified atom stereocenters. The van der Waals surface area contributed by atoms with Crippen molar-refractivity contribution < 1.29 is 13.2 Å². The number of aromatic nitrogens is 2. The van der Waals surface area contributed by atoms with Crippen LogP contribution >= 0.6 is 0 Å². The van der Waals surface area contributed by atoms with E-state index in [1.54, 1.807) is 36.4 Å². The van der Waals surface area contributed by atoms with E-state index in [9.17, 15) is 13.7 Å². The van der Waals surface area contributed by atoms with Gasteiger partial charge in [-0.2, -0.15) is 5.26 Å². The fraction of sp³-hybridized carbons (Fsp3) is 0.250. The Hall–Kier alpha value is -2.98. The quantitative estimate of drug-likeness (QED) is 0.577. The molecule has 1 atom stereocenters. The maximum absolute atomic E-state index is 13.0. The molecule has 1 heterocycles. The zero-order valence-electron chi connectivity index (χ0n) is 14.9. The van der Waals surface area contributed by atoms with Crippen LogP contribution < -0.4 is 4.74 Å². The van der Waals surface area contributed by atoms with Crippen LogP contribution in [0.4, 0.5) is 0 Å². The van der Waals surface area contributed by atoms with E-state index in [4.69, 9.17) is 4.74 Å². The Labute approximate surface area is 158 Å². The van der Waals surface area contributed by atoms with E-state index in [1.807, 2.05) is 19.1 Å². The molecule has 3 aromatic rings. The van der Waals surface area contributed by atoms with Crippen molar-refractivity contribution >= 4 is 20.9 Å². The van der Waals surface area contributed by atoms with Crippen LogP contribution in [-0.2, 0) is 9.84 Å². The molecule has 0 saturated carbocycles. The van der Waals surface area contributed by atoms with Crippen LogP contribution in [0.15, 0.2) is 59.5 Å². The summed E-state index contributed by atoms with van der Waals surface area (Å²) in [5.41, 5.74) is 1.12. The summed E-state index contributed by atoms with van der Waals surface area (Å²) < 4.78 is 31.8.